The molecule has 0 heterocycles. The van der Waals surface area contributed by atoms with E-state index in [9.17, 15) is 8.42 Å². The summed E-state index contributed by atoms with van der Waals surface area (Å²) in [5, 5.41) is 0. The van der Waals surface area contributed by atoms with Gasteiger partial charge in [0, 0.05) is 19.4 Å². The molecule has 0 amide bonds. The van der Waals surface area contributed by atoms with Crippen LogP contribution in [0.5, 0.6) is 0 Å². The Labute approximate surface area is 98.5 Å². The van der Waals surface area contributed by atoms with Gasteiger partial charge in [-0.1, -0.05) is 19.3 Å². The molecule has 96 valence electrons. The van der Waals surface area contributed by atoms with Crippen LogP contribution in [0.25, 0.3) is 0 Å². The molecule has 4 nitrogen and oxygen atoms in total. The van der Waals surface area contributed by atoms with Gasteiger partial charge >= 0.3 is 0 Å². The Morgan fingerprint density at radius 3 is 2.38 bits per heavy atom. The van der Waals surface area contributed by atoms with Crippen LogP contribution < -0.4 is 5.73 Å². The van der Waals surface area contributed by atoms with Crippen LogP contribution in [0.2, 0.25) is 0 Å². The molecule has 0 bridgehead atoms. The molecule has 16 heavy (non-hydrogen) atoms. The Morgan fingerprint density at radius 1 is 1.25 bits per heavy atom. The average Bonchev–Trinajstić information content (AvgIpc) is 2.25. The Morgan fingerprint density at radius 2 is 1.88 bits per heavy atom. The minimum atomic E-state index is -2.86. The Bertz CT molecular complexity index is 294. The maximum atomic E-state index is 11.0. The monoisotopic (exact) mass is 249 g/mol. The van der Waals surface area contributed by atoms with Crippen LogP contribution in [0.3, 0.4) is 0 Å². The van der Waals surface area contributed by atoms with Gasteiger partial charge in [0.05, 0.1) is 11.4 Å². The minimum absolute atomic E-state index is 0.171. The fourth-order valence-electron chi connectivity index (χ4n) is 2.21. The zero-order valence-corrected chi connectivity index (χ0v) is 10.9. The summed E-state index contributed by atoms with van der Waals surface area (Å²) in [4.78, 5) is 0. The molecule has 1 aliphatic carbocycles. The van der Waals surface area contributed by atoms with Crippen molar-refractivity contribution in [2.75, 3.05) is 25.2 Å². The molecule has 1 fully saturated rings. The highest BCUT2D eigenvalue weighted by molar-refractivity contribution is 7.90. The van der Waals surface area contributed by atoms with E-state index in [1.807, 2.05) is 0 Å². The minimum Gasteiger partial charge on any atom is -0.374 e. The third kappa shape index (κ3) is 4.80. The molecule has 0 aliphatic heterocycles. The van der Waals surface area contributed by atoms with Crippen molar-refractivity contribution >= 4 is 9.84 Å². The second-order valence-corrected chi connectivity index (χ2v) is 7.04. The summed E-state index contributed by atoms with van der Waals surface area (Å²) >= 11 is 0. The van der Waals surface area contributed by atoms with Crippen molar-refractivity contribution in [3.05, 3.63) is 0 Å². The molecule has 0 aromatic heterocycles. The molecule has 0 radical (unpaired) electrons. The van der Waals surface area contributed by atoms with Crippen molar-refractivity contribution in [2.24, 2.45) is 5.73 Å². The van der Waals surface area contributed by atoms with Gasteiger partial charge in [-0.25, -0.2) is 8.42 Å². The molecule has 2 N–H and O–H groups in total. The molecule has 0 atom stereocenters. The lowest BCUT2D eigenvalue weighted by molar-refractivity contribution is -0.0625. The van der Waals surface area contributed by atoms with Crippen molar-refractivity contribution in [3.63, 3.8) is 0 Å². The first kappa shape index (κ1) is 13.9. The maximum absolute atomic E-state index is 11.0. The summed E-state index contributed by atoms with van der Waals surface area (Å²) in [7, 11) is -2.86. The Hall–Kier alpha value is -0.130. The van der Waals surface area contributed by atoms with Crippen LogP contribution in [0.4, 0.5) is 0 Å². The van der Waals surface area contributed by atoms with Gasteiger partial charge in [-0.05, 0) is 19.3 Å². The van der Waals surface area contributed by atoms with Crippen molar-refractivity contribution < 1.29 is 13.2 Å². The van der Waals surface area contributed by atoms with Crippen LogP contribution in [0.15, 0.2) is 0 Å². The van der Waals surface area contributed by atoms with E-state index in [-0.39, 0.29) is 11.4 Å². The molecule has 1 saturated carbocycles. The molecular formula is C11H23NO3S. The largest absolute Gasteiger partial charge is 0.374 e. The molecule has 1 aliphatic rings. The number of sulfone groups is 1. The molecule has 0 aromatic rings. The number of hydrogen-bond donors (Lipinski definition) is 1. The molecule has 0 unspecified atom stereocenters. The van der Waals surface area contributed by atoms with Gasteiger partial charge in [0.15, 0.2) is 0 Å². The van der Waals surface area contributed by atoms with E-state index in [0.29, 0.717) is 19.6 Å². The summed E-state index contributed by atoms with van der Waals surface area (Å²) in [6.45, 7) is 1.05. The van der Waals surface area contributed by atoms with E-state index in [4.69, 9.17) is 10.5 Å². The Balaban J connectivity index is 2.28. The maximum Gasteiger partial charge on any atom is 0.147 e. The Kier molecular flexibility index (Phi) is 5.21. The van der Waals surface area contributed by atoms with Gasteiger partial charge in [-0.3, -0.25) is 0 Å². The van der Waals surface area contributed by atoms with Gasteiger partial charge in [0.25, 0.3) is 0 Å². The zero-order valence-electron chi connectivity index (χ0n) is 10.1. The van der Waals surface area contributed by atoms with Crippen molar-refractivity contribution in [1.82, 2.24) is 0 Å². The lowest BCUT2D eigenvalue weighted by Crippen LogP contribution is -2.42. The van der Waals surface area contributed by atoms with Crippen LogP contribution in [0, 0.1) is 0 Å². The second-order valence-electron chi connectivity index (χ2n) is 4.78. The van der Waals surface area contributed by atoms with E-state index in [0.717, 1.165) is 12.8 Å². The third-order valence-corrected chi connectivity index (χ3v) is 4.23. The van der Waals surface area contributed by atoms with Gasteiger partial charge in [-0.15, -0.1) is 0 Å². The molecule has 0 saturated heterocycles. The fourth-order valence-corrected chi connectivity index (χ4v) is 2.86. The quantitative estimate of drug-likeness (QED) is 0.716. The van der Waals surface area contributed by atoms with E-state index in [2.05, 4.69) is 0 Å². The number of nitrogens with two attached hydrogens (primary N) is 1. The summed E-state index contributed by atoms with van der Waals surface area (Å²) in [5.41, 5.74) is 5.59. The number of hydrogen-bond acceptors (Lipinski definition) is 4. The highest BCUT2D eigenvalue weighted by Crippen LogP contribution is 2.30. The zero-order chi connectivity index (χ0) is 12.1. The van der Waals surface area contributed by atoms with E-state index in [1.165, 1.54) is 25.5 Å². The second kappa shape index (κ2) is 5.98. The van der Waals surface area contributed by atoms with Crippen molar-refractivity contribution in [1.29, 1.82) is 0 Å². The molecular weight excluding hydrogens is 226 g/mol. The summed E-state index contributed by atoms with van der Waals surface area (Å²) < 4.78 is 27.7. The molecule has 5 heteroatoms. The molecule has 0 aromatic carbocycles. The van der Waals surface area contributed by atoms with Gasteiger partial charge in [0.2, 0.25) is 0 Å². The number of ether oxygens (including phenoxy) is 1. The highest BCUT2D eigenvalue weighted by Gasteiger charge is 2.31. The standard InChI is InChI=1S/C11H23NO3S/c1-16(13,14)9-5-8-15-11(10-12)6-3-2-4-7-11/h2-10,12H2,1H3. The van der Waals surface area contributed by atoms with Gasteiger partial charge < -0.3 is 10.5 Å². The van der Waals surface area contributed by atoms with Crippen LogP contribution in [-0.2, 0) is 14.6 Å². The van der Waals surface area contributed by atoms with E-state index < -0.39 is 9.84 Å². The lowest BCUT2D eigenvalue weighted by atomic mass is 9.85. The smallest absolute Gasteiger partial charge is 0.147 e. The van der Waals surface area contributed by atoms with Gasteiger partial charge in [-0.2, -0.15) is 0 Å². The van der Waals surface area contributed by atoms with Gasteiger partial charge in [0.1, 0.15) is 9.84 Å². The fraction of sp³-hybridized carbons (Fsp3) is 1.00. The van der Waals surface area contributed by atoms with Crippen LogP contribution in [-0.4, -0.2) is 39.2 Å². The molecule has 0 spiro atoms. The average molecular weight is 249 g/mol. The van der Waals surface area contributed by atoms with Crippen molar-refractivity contribution in [3.8, 4) is 0 Å². The SMILES string of the molecule is CS(=O)(=O)CCCOC1(CN)CCCCC1. The first-order valence-electron chi connectivity index (χ1n) is 5.99. The third-order valence-electron chi connectivity index (χ3n) is 3.20. The van der Waals surface area contributed by atoms with E-state index >= 15 is 0 Å². The summed E-state index contributed by atoms with van der Waals surface area (Å²) in [6.07, 6.45) is 7.46. The summed E-state index contributed by atoms with van der Waals surface area (Å²) in [6, 6.07) is 0. The van der Waals surface area contributed by atoms with Crippen molar-refractivity contribution in [2.45, 2.75) is 44.1 Å². The van der Waals surface area contributed by atoms with Crippen LogP contribution in [0.1, 0.15) is 38.5 Å². The van der Waals surface area contributed by atoms with Crippen LogP contribution >= 0.6 is 0 Å². The number of rotatable bonds is 6. The molecule has 1 rings (SSSR count). The first-order chi connectivity index (χ1) is 7.47. The highest BCUT2D eigenvalue weighted by atomic mass is 32.2. The lowest BCUT2D eigenvalue weighted by Gasteiger charge is -2.36. The topological polar surface area (TPSA) is 69.4 Å². The predicted molar refractivity (Wildman–Crippen MR) is 65.2 cm³/mol. The predicted octanol–water partition coefficient (Wildman–Crippen LogP) is 1.10. The normalized spacial score (nSPS) is 20.9. The summed E-state index contributed by atoms with van der Waals surface area (Å²) in [5.74, 6) is 0.202. The first-order valence-corrected chi connectivity index (χ1v) is 8.05. The van der Waals surface area contributed by atoms with E-state index in [1.54, 1.807) is 0 Å².